The summed E-state index contributed by atoms with van der Waals surface area (Å²) in [6.45, 7) is 5.55. The van der Waals surface area contributed by atoms with Gasteiger partial charge in [-0.1, -0.05) is 123 Å². The van der Waals surface area contributed by atoms with Crippen molar-refractivity contribution in [3.8, 4) is 0 Å². The standard InChI is InChI=1S/C30H56O4/c1-3-5-7-9-11-13-15-17-19-24-33-29(31)27-22-21-23-28(26-27)30(32)34-25-20-18-16-14-12-10-8-6-4-2/h27-28H,3-26H2,1-2H3. The molecular formula is C30H56O4. The van der Waals surface area contributed by atoms with Gasteiger partial charge in [0.15, 0.2) is 0 Å². The third-order valence-electron chi connectivity index (χ3n) is 7.33. The van der Waals surface area contributed by atoms with Crippen LogP contribution in [0, 0.1) is 11.8 Å². The molecule has 34 heavy (non-hydrogen) atoms. The summed E-state index contributed by atoms with van der Waals surface area (Å²) in [4.78, 5) is 24.9. The van der Waals surface area contributed by atoms with Crippen LogP contribution in [0.4, 0.5) is 0 Å². The van der Waals surface area contributed by atoms with Crippen LogP contribution < -0.4 is 0 Å². The molecule has 1 saturated carbocycles. The summed E-state index contributed by atoms with van der Waals surface area (Å²) in [5, 5.41) is 0. The van der Waals surface area contributed by atoms with Crippen LogP contribution in [-0.4, -0.2) is 25.2 Å². The number of carbonyl (C=O) groups excluding carboxylic acids is 2. The van der Waals surface area contributed by atoms with Crippen molar-refractivity contribution in [3.63, 3.8) is 0 Å². The molecule has 0 radical (unpaired) electrons. The van der Waals surface area contributed by atoms with Gasteiger partial charge in [-0.3, -0.25) is 9.59 Å². The van der Waals surface area contributed by atoms with Crippen LogP contribution in [0.2, 0.25) is 0 Å². The Balaban J connectivity index is 2.03. The largest absolute Gasteiger partial charge is 0.465 e. The average molecular weight is 481 g/mol. The minimum atomic E-state index is -0.127. The molecule has 0 bridgehead atoms. The molecule has 0 N–H and O–H groups in total. The molecule has 0 aliphatic heterocycles. The Hall–Kier alpha value is -1.06. The second-order valence-electron chi connectivity index (χ2n) is 10.6. The van der Waals surface area contributed by atoms with Crippen molar-refractivity contribution in [2.24, 2.45) is 11.8 Å². The van der Waals surface area contributed by atoms with Gasteiger partial charge in [-0.25, -0.2) is 0 Å². The molecule has 1 fully saturated rings. The highest BCUT2D eigenvalue weighted by molar-refractivity contribution is 5.76. The van der Waals surface area contributed by atoms with Gasteiger partial charge in [-0.2, -0.15) is 0 Å². The van der Waals surface area contributed by atoms with E-state index in [4.69, 9.17) is 9.47 Å². The highest BCUT2D eigenvalue weighted by atomic mass is 16.5. The van der Waals surface area contributed by atoms with Gasteiger partial charge in [0.1, 0.15) is 0 Å². The number of esters is 2. The lowest BCUT2D eigenvalue weighted by Gasteiger charge is -2.26. The minimum absolute atomic E-state index is 0.101. The maximum Gasteiger partial charge on any atom is 0.308 e. The maximum absolute atomic E-state index is 12.5. The van der Waals surface area contributed by atoms with Gasteiger partial charge in [-0.15, -0.1) is 0 Å². The Morgan fingerprint density at radius 2 is 0.853 bits per heavy atom. The smallest absolute Gasteiger partial charge is 0.308 e. The molecule has 2 atom stereocenters. The zero-order valence-electron chi connectivity index (χ0n) is 22.8. The lowest BCUT2D eigenvalue weighted by molar-refractivity contribution is -0.155. The SMILES string of the molecule is CCCCCCCCCCCOC(=O)C1CCCC(C(=O)OCCCCCCCCCCC)C1. The van der Waals surface area contributed by atoms with E-state index < -0.39 is 0 Å². The van der Waals surface area contributed by atoms with Gasteiger partial charge in [0.2, 0.25) is 0 Å². The van der Waals surface area contributed by atoms with E-state index in [1.54, 1.807) is 0 Å². The predicted octanol–water partition coefficient (Wildman–Crippen LogP) is 8.94. The number of hydrogen-bond acceptors (Lipinski definition) is 4. The summed E-state index contributed by atoms with van der Waals surface area (Å²) in [5.74, 6) is -0.456. The normalized spacial score (nSPS) is 18.1. The molecule has 0 saturated heterocycles. The quantitative estimate of drug-likeness (QED) is 0.115. The van der Waals surface area contributed by atoms with E-state index in [1.807, 2.05) is 0 Å². The average Bonchev–Trinajstić information content (AvgIpc) is 2.86. The number of ether oxygens (including phenoxy) is 2. The van der Waals surface area contributed by atoms with E-state index in [2.05, 4.69) is 13.8 Å². The molecule has 0 aromatic heterocycles. The Morgan fingerprint density at radius 1 is 0.529 bits per heavy atom. The molecule has 0 aromatic carbocycles. The molecular weight excluding hydrogens is 424 g/mol. The molecule has 2 unspecified atom stereocenters. The topological polar surface area (TPSA) is 52.6 Å². The summed E-state index contributed by atoms with van der Waals surface area (Å²) >= 11 is 0. The van der Waals surface area contributed by atoms with Gasteiger partial charge in [0.25, 0.3) is 0 Å². The minimum Gasteiger partial charge on any atom is -0.465 e. The molecule has 0 amide bonds. The lowest BCUT2D eigenvalue weighted by Crippen LogP contribution is -2.30. The molecule has 1 aliphatic carbocycles. The predicted molar refractivity (Wildman–Crippen MR) is 142 cm³/mol. The van der Waals surface area contributed by atoms with E-state index >= 15 is 0 Å². The van der Waals surface area contributed by atoms with Gasteiger partial charge in [0.05, 0.1) is 25.0 Å². The third-order valence-corrected chi connectivity index (χ3v) is 7.33. The van der Waals surface area contributed by atoms with Crippen molar-refractivity contribution in [3.05, 3.63) is 0 Å². The Kier molecular flexibility index (Phi) is 20.4. The summed E-state index contributed by atoms with van der Waals surface area (Å²) in [6.07, 6.45) is 25.9. The summed E-state index contributed by atoms with van der Waals surface area (Å²) in [7, 11) is 0. The molecule has 1 rings (SSSR count). The second-order valence-corrected chi connectivity index (χ2v) is 10.6. The highest BCUT2D eigenvalue weighted by Crippen LogP contribution is 2.31. The first-order valence-electron chi connectivity index (χ1n) is 15.0. The van der Waals surface area contributed by atoms with Crippen molar-refractivity contribution in [1.82, 2.24) is 0 Å². The second kappa shape index (κ2) is 22.4. The molecule has 0 spiro atoms. The maximum atomic E-state index is 12.5. The number of hydrogen-bond donors (Lipinski definition) is 0. The fourth-order valence-corrected chi connectivity index (χ4v) is 5.02. The van der Waals surface area contributed by atoms with Crippen LogP contribution in [0.1, 0.15) is 155 Å². The zero-order valence-corrected chi connectivity index (χ0v) is 22.8. The summed E-state index contributed by atoms with van der Waals surface area (Å²) in [5.41, 5.74) is 0. The summed E-state index contributed by atoms with van der Waals surface area (Å²) < 4.78 is 11.1. The first-order valence-corrected chi connectivity index (χ1v) is 15.0. The number of carbonyl (C=O) groups is 2. The monoisotopic (exact) mass is 480 g/mol. The summed E-state index contributed by atoms with van der Waals surface area (Å²) in [6, 6.07) is 0. The van der Waals surface area contributed by atoms with Gasteiger partial charge >= 0.3 is 11.9 Å². The molecule has 0 aromatic rings. The molecule has 1 aliphatic rings. The van der Waals surface area contributed by atoms with Crippen molar-refractivity contribution in [1.29, 1.82) is 0 Å². The highest BCUT2D eigenvalue weighted by Gasteiger charge is 2.32. The van der Waals surface area contributed by atoms with Gasteiger partial charge < -0.3 is 9.47 Å². The van der Waals surface area contributed by atoms with Crippen LogP contribution in [0.5, 0.6) is 0 Å². The molecule has 4 nitrogen and oxygen atoms in total. The van der Waals surface area contributed by atoms with E-state index in [0.29, 0.717) is 19.6 Å². The third kappa shape index (κ3) is 16.5. The van der Waals surface area contributed by atoms with Crippen molar-refractivity contribution in [2.45, 2.75) is 155 Å². The number of rotatable bonds is 22. The Morgan fingerprint density at radius 3 is 1.21 bits per heavy atom. The zero-order chi connectivity index (χ0) is 24.7. The van der Waals surface area contributed by atoms with E-state index in [0.717, 1.165) is 44.9 Å². The lowest BCUT2D eigenvalue weighted by atomic mass is 9.81. The van der Waals surface area contributed by atoms with E-state index in [9.17, 15) is 9.59 Å². The molecule has 200 valence electrons. The van der Waals surface area contributed by atoms with Crippen molar-refractivity contribution < 1.29 is 19.1 Å². The van der Waals surface area contributed by atoms with Gasteiger partial charge in [-0.05, 0) is 32.1 Å². The molecule has 0 heterocycles. The van der Waals surface area contributed by atoms with Crippen molar-refractivity contribution in [2.75, 3.05) is 13.2 Å². The number of unbranched alkanes of at least 4 members (excludes halogenated alkanes) is 16. The van der Waals surface area contributed by atoms with E-state index in [1.165, 1.54) is 89.9 Å². The van der Waals surface area contributed by atoms with Crippen LogP contribution in [0.15, 0.2) is 0 Å². The van der Waals surface area contributed by atoms with E-state index in [-0.39, 0.29) is 23.8 Å². The van der Waals surface area contributed by atoms with Crippen molar-refractivity contribution >= 4 is 11.9 Å². The van der Waals surface area contributed by atoms with Gasteiger partial charge in [0, 0.05) is 0 Å². The van der Waals surface area contributed by atoms with Crippen LogP contribution >= 0.6 is 0 Å². The molecule has 4 heteroatoms. The van der Waals surface area contributed by atoms with Crippen LogP contribution in [0.3, 0.4) is 0 Å². The van der Waals surface area contributed by atoms with Crippen LogP contribution in [-0.2, 0) is 19.1 Å². The fourth-order valence-electron chi connectivity index (χ4n) is 5.02. The first-order chi connectivity index (χ1) is 16.7. The fraction of sp³-hybridized carbons (Fsp3) is 0.933. The first kappa shape index (κ1) is 31.0. The Labute approximate surface area is 211 Å². The van der Waals surface area contributed by atoms with Crippen LogP contribution in [0.25, 0.3) is 0 Å². The Bertz CT molecular complexity index is 448.